The molecule has 15 heavy (non-hydrogen) atoms. The molecule has 0 unspecified atom stereocenters. The van der Waals surface area contributed by atoms with Crippen molar-refractivity contribution in [2.75, 3.05) is 0 Å². The van der Waals surface area contributed by atoms with Crippen molar-refractivity contribution in [3.8, 4) is 11.5 Å². The molecule has 3 heteroatoms. The molecule has 0 bridgehead atoms. The van der Waals surface area contributed by atoms with E-state index in [1.54, 1.807) is 18.2 Å². The second-order valence-corrected chi connectivity index (χ2v) is 2.88. The van der Waals surface area contributed by atoms with Crippen LogP contribution >= 0.6 is 11.6 Å². The Balaban J connectivity index is 2.93. The molecule has 0 radical (unpaired) electrons. The molecule has 76 valence electrons. The van der Waals surface area contributed by atoms with Crippen LogP contribution < -0.4 is 9.47 Å². The molecule has 0 fully saturated rings. The summed E-state index contributed by atoms with van der Waals surface area (Å²) < 4.78 is 10.3. The lowest BCUT2D eigenvalue weighted by Crippen LogP contribution is -1.85. The van der Waals surface area contributed by atoms with E-state index in [2.05, 4.69) is 24.6 Å². The van der Waals surface area contributed by atoms with Crippen LogP contribution in [-0.2, 0) is 0 Å². The minimum atomic E-state index is 0.475. The van der Waals surface area contributed by atoms with E-state index in [-0.39, 0.29) is 0 Å². The van der Waals surface area contributed by atoms with Crippen LogP contribution in [0.3, 0.4) is 0 Å². The topological polar surface area (TPSA) is 18.5 Å². The van der Waals surface area contributed by atoms with Crippen molar-refractivity contribution in [2.45, 2.75) is 0 Å². The van der Waals surface area contributed by atoms with Crippen LogP contribution in [0.4, 0.5) is 0 Å². The van der Waals surface area contributed by atoms with Gasteiger partial charge in [-0.3, -0.25) is 0 Å². The van der Waals surface area contributed by atoms with Gasteiger partial charge in [-0.25, -0.2) is 0 Å². The Hall–Kier alpha value is -1.85. The van der Waals surface area contributed by atoms with E-state index in [1.807, 2.05) is 0 Å². The van der Waals surface area contributed by atoms with Gasteiger partial charge >= 0.3 is 0 Å². The molecular weight excluding hydrogens is 212 g/mol. The molecule has 1 aromatic carbocycles. The number of ether oxygens (including phenoxy) is 2. The van der Waals surface area contributed by atoms with Gasteiger partial charge in [0.05, 0.1) is 5.02 Å². The Morgan fingerprint density at radius 3 is 2.47 bits per heavy atom. The molecule has 0 saturated heterocycles. The summed E-state index contributed by atoms with van der Waals surface area (Å²) in [6.07, 6.45) is 2.66. The number of hydrogen-bond donors (Lipinski definition) is 0. The Morgan fingerprint density at radius 1 is 1.13 bits per heavy atom. The molecule has 0 aliphatic carbocycles. The van der Waals surface area contributed by atoms with E-state index >= 15 is 0 Å². The van der Waals surface area contributed by atoms with Crippen LogP contribution in [0.5, 0.6) is 11.5 Å². The third-order valence-electron chi connectivity index (χ3n) is 1.45. The fourth-order valence-corrected chi connectivity index (χ4v) is 1.02. The maximum atomic E-state index is 5.88. The van der Waals surface area contributed by atoms with Crippen LogP contribution in [-0.4, -0.2) is 0 Å². The zero-order valence-electron chi connectivity index (χ0n) is 8.00. The van der Waals surface area contributed by atoms with Gasteiger partial charge in [0.2, 0.25) is 0 Å². The molecule has 0 aliphatic rings. The average Bonchev–Trinajstić information content (AvgIpc) is 2.26. The third kappa shape index (κ3) is 3.41. The number of halogens is 1. The van der Waals surface area contributed by atoms with Crippen LogP contribution in [0, 0.1) is 0 Å². The van der Waals surface area contributed by atoms with Crippen molar-refractivity contribution in [1.82, 2.24) is 0 Å². The van der Waals surface area contributed by atoms with E-state index in [9.17, 15) is 0 Å². The Kier molecular flexibility index (Phi) is 4.33. The van der Waals surface area contributed by atoms with Gasteiger partial charge in [-0.15, -0.1) is 0 Å². The van der Waals surface area contributed by atoms with Crippen molar-refractivity contribution in [3.63, 3.8) is 0 Å². The highest BCUT2D eigenvalue weighted by molar-refractivity contribution is 6.32. The Morgan fingerprint density at radius 2 is 1.80 bits per heavy atom. The first-order chi connectivity index (χ1) is 7.27. The van der Waals surface area contributed by atoms with Gasteiger partial charge in [-0.1, -0.05) is 36.2 Å². The molecule has 0 saturated carbocycles. The standard InChI is InChI=1S/C12H9ClO2/c1-3-7-14-10-5-6-11(13)12(9-10)15-8-4-2/h5-9H,1-2H2. The summed E-state index contributed by atoms with van der Waals surface area (Å²) in [6.45, 7) is 6.75. The first-order valence-corrected chi connectivity index (χ1v) is 4.47. The summed E-state index contributed by atoms with van der Waals surface area (Å²) >= 11 is 5.88. The second kappa shape index (κ2) is 5.79. The highest BCUT2D eigenvalue weighted by Gasteiger charge is 2.02. The SMILES string of the molecule is C=C=COc1ccc(Cl)c(OC=C=C)c1. The maximum Gasteiger partial charge on any atom is 0.149 e. The van der Waals surface area contributed by atoms with Crippen molar-refractivity contribution in [3.05, 3.63) is 60.4 Å². The zero-order valence-corrected chi connectivity index (χ0v) is 8.75. The smallest absolute Gasteiger partial charge is 0.149 e. The van der Waals surface area contributed by atoms with Gasteiger partial charge in [0, 0.05) is 6.07 Å². The Bertz CT molecular complexity index is 439. The molecule has 2 nitrogen and oxygen atoms in total. The largest absolute Gasteiger partial charge is 0.457 e. The molecule has 0 spiro atoms. The van der Waals surface area contributed by atoms with E-state index in [1.165, 1.54) is 12.5 Å². The monoisotopic (exact) mass is 220 g/mol. The normalized spacial score (nSPS) is 8.33. The molecule has 0 N–H and O–H groups in total. The fraction of sp³-hybridized carbons (Fsp3) is 0. The molecule has 0 atom stereocenters. The van der Waals surface area contributed by atoms with Crippen LogP contribution in [0.2, 0.25) is 5.02 Å². The van der Waals surface area contributed by atoms with Crippen molar-refractivity contribution >= 4 is 11.6 Å². The second-order valence-electron chi connectivity index (χ2n) is 2.47. The van der Waals surface area contributed by atoms with Gasteiger partial charge in [-0.05, 0) is 12.1 Å². The van der Waals surface area contributed by atoms with Crippen molar-refractivity contribution in [2.24, 2.45) is 0 Å². The summed E-state index contributed by atoms with van der Waals surface area (Å²) in [6, 6.07) is 5.02. The van der Waals surface area contributed by atoms with Gasteiger partial charge < -0.3 is 9.47 Å². The van der Waals surface area contributed by atoms with Crippen LogP contribution in [0.15, 0.2) is 55.3 Å². The number of hydrogen-bond acceptors (Lipinski definition) is 2. The lowest BCUT2D eigenvalue weighted by atomic mass is 10.3. The van der Waals surface area contributed by atoms with E-state index in [0.29, 0.717) is 16.5 Å². The van der Waals surface area contributed by atoms with Crippen molar-refractivity contribution < 1.29 is 9.47 Å². The molecule has 0 heterocycles. The average molecular weight is 221 g/mol. The lowest BCUT2D eigenvalue weighted by molar-refractivity contribution is 0.460. The van der Waals surface area contributed by atoms with E-state index in [0.717, 1.165) is 0 Å². The van der Waals surface area contributed by atoms with Gasteiger partial charge in [-0.2, -0.15) is 0 Å². The van der Waals surface area contributed by atoms with E-state index < -0.39 is 0 Å². The summed E-state index contributed by atoms with van der Waals surface area (Å²) in [5.74, 6) is 1.06. The molecule has 0 aromatic heterocycles. The van der Waals surface area contributed by atoms with E-state index in [4.69, 9.17) is 21.1 Å². The predicted octanol–water partition coefficient (Wildman–Crippen LogP) is 3.69. The lowest BCUT2D eigenvalue weighted by Gasteiger charge is -2.04. The van der Waals surface area contributed by atoms with Crippen molar-refractivity contribution in [1.29, 1.82) is 0 Å². The fourth-order valence-electron chi connectivity index (χ4n) is 0.862. The van der Waals surface area contributed by atoms with Gasteiger partial charge in [0.25, 0.3) is 0 Å². The molecule has 1 rings (SSSR count). The predicted molar refractivity (Wildman–Crippen MR) is 60.1 cm³/mol. The van der Waals surface area contributed by atoms with Crippen LogP contribution in [0.25, 0.3) is 0 Å². The first kappa shape index (κ1) is 11.2. The molecular formula is C12H9ClO2. The maximum absolute atomic E-state index is 5.88. The minimum absolute atomic E-state index is 0.475. The first-order valence-electron chi connectivity index (χ1n) is 4.09. The number of benzene rings is 1. The molecule has 1 aromatic rings. The van der Waals surface area contributed by atoms with Crippen LogP contribution in [0.1, 0.15) is 0 Å². The van der Waals surface area contributed by atoms with Gasteiger partial charge in [0.1, 0.15) is 24.0 Å². The van der Waals surface area contributed by atoms with Gasteiger partial charge in [0.15, 0.2) is 0 Å². The number of rotatable bonds is 4. The quantitative estimate of drug-likeness (QED) is 0.569. The summed E-state index contributed by atoms with van der Waals surface area (Å²) in [4.78, 5) is 0. The highest BCUT2D eigenvalue weighted by Crippen LogP contribution is 2.29. The molecule has 0 amide bonds. The third-order valence-corrected chi connectivity index (χ3v) is 1.76. The summed E-state index contributed by atoms with van der Waals surface area (Å²) in [5.41, 5.74) is 4.97. The molecule has 0 aliphatic heterocycles. The summed E-state index contributed by atoms with van der Waals surface area (Å²) in [5, 5.41) is 0.483. The zero-order chi connectivity index (χ0) is 11.1. The highest BCUT2D eigenvalue weighted by atomic mass is 35.5. The summed E-state index contributed by atoms with van der Waals surface area (Å²) in [7, 11) is 0. The Labute approximate surface area is 93.4 Å². The minimum Gasteiger partial charge on any atom is -0.457 e.